The number of aliphatic hydroxyl groups excluding tert-OH is 1. The summed E-state index contributed by atoms with van der Waals surface area (Å²) in [6.07, 6.45) is 7.01. The molecule has 4 heteroatoms. The normalized spacial score (nSPS) is 37.8. The molecule has 0 radical (unpaired) electrons. The lowest BCUT2D eigenvalue weighted by Gasteiger charge is -2.29. The number of carbonyl (C=O) groups is 1. The molecule has 0 saturated heterocycles. The number of aliphatic hydroxyl groups is 1. The second-order valence-electron chi connectivity index (χ2n) is 5.59. The maximum absolute atomic E-state index is 11.8. The Labute approximate surface area is 103 Å². The standard InChI is InChI=1S/C13H24N2O2/c1-9-5-4-7-10(9)14-13(17)15-11-6-2-3-8-12(11)16/h9-12,16H,2-8H2,1H3,(H2,14,15,17). The van der Waals surface area contributed by atoms with Crippen LogP contribution in [-0.4, -0.2) is 29.3 Å². The molecule has 0 aliphatic heterocycles. The van der Waals surface area contributed by atoms with Crippen LogP contribution < -0.4 is 10.6 Å². The van der Waals surface area contributed by atoms with Gasteiger partial charge in [-0.25, -0.2) is 4.79 Å². The summed E-state index contributed by atoms with van der Waals surface area (Å²) in [5.41, 5.74) is 0. The van der Waals surface area contributed by atoms with Crippen LogP contribution >= 0.6 is 0 Å². The maximum Gasteiger partial charge on any atom is 0.315 e. The molecule has 0 heterocycles. The molecule has 17 heavy (non-hydrogen) atoms. The molecule has 2 rings (SSSR count). The van der Waals surface area contributed by atoms with Crippen molar-refractivity contribution in [2.24, 2.45) is 5.92 Å². The van der Waals surface area contributed by atoms with Crippen molar-refractivity contribution < 1.29 is 9.90 Å². The molecule has 0 aromatic rings. The van der Waals surface area contributed by atoms with E-state index in [-0.39, 0.29) is 18.2 Å². The Morgan fingerprint density at radius 2 is 1.65 bits per heavy atom. The number of carbonyl (C=O) groups excluding carboxylic acids is 1. The van der Waals surface area contributed by atoms with E-state index in [4.69, 9.17) is 0 Å². The first-order valence-corrected chi connectivity index (χ1v) is 6.92. The zero-order valence-corrected chi connectivity index (χ0v) is 10.6. The SMILES string of the molecule is CC1CCCC1NC(=O)NC1CCCCC1O. The van der Waals surface area contributed by atoms with Gasteiger partial charge in [0.15, 0.2) is 0 Å². The van der Waals surface area contributed by atoms with E-state index in [9.17, 15) is 9.90 Å². The van der Waals surface area contributed by atoms with E-state index in [0.29, 0.717) is 12.0 Å². The van der Waals surface area contributed by atoms with Crippen molar-refractivity contribution in [2.75, 3.05) is 0 Å². The first kappa shape index (κ1) is 12.7. The topological polar surface area (TPSA) is 61.4 Å². The third-order valence-electron chi connectivity index (χ3n) is 4.22. The molecule has 4 atom stereocenters. The predicted octanol–water partition coefficient (Wildman–Crippen LogP) is 1.78. The van der Waals surface area contributed by atoms with Crippen LogP contribution in [0.15, 0.2) is 0 Å². The van der Waals surface area contributed by atoms with Crippen molar-refractivity contribution in [3.05, 3.63) is 0 Å². The molecule has 2 saturated carbocycles. The van der Waals surface area contributed by atoms with E-state index >= 15 is 0 Å². The molecule has 0 aromatic heterocycles. The van der Waals surface area contributed by atoms with Crippen molar-refractivity contribution in [2.45, 2.75) is 70.1 Å². The third-order valence-corrected chi connectivity index (χ3v) is 4.22. The summed E-state index contributed by atoms with van der Waals surface area (Å²) in [6, 6.07) is 0.158. The minimum Gasteiger partial charge on any atom is -0.391 e. The molecule has 0 spiro atoms. The first-order chi connectivity index (χ1) is 8.16. The number of hydrogen-bond donors (Lipinski definition) is 3. The fraction of sp³-hybridized carbons (Fsp3) is 0.923. The molecular weight excluding hydrogens is 216 g/mol. The Balaban J connectivity index is 1.76. The fourth-order valence-corrected chi connectivity index (χ4v) is 3.02. The van der Waals surface area contributed by atoms with E-state index in [1.165, 1.54) is 12.8 Å². The molecular formula is C13H24N2O2. The predicted molar refractivity (Wildman–Crippen MR) is 66.7 cm³/mol. The zero-order chi connectivity index (χ0) is 12.3. The van der Waals surface area contributed by atoms with E-state index in [1.54, 1.807) is 0 Å². The summed E-state index contributed by atoms with van der Waals surface area (Å²) >= 11 is 0. The Morgan fingerprint density at radius 3 is 2.29 bits per heavy atom. The quantitative estimate of drug-likeness (QED) is 0.689. The number of nitrogens with one attached hydrogen (secondary N) is 2. The first-order valence-electron chi connectivity index (χ1n) is 6.92. The summed E-state index contributed by atoms with van der Waals surface area (Å²) in [7, 11) is 0. The Bertz CT molecular complexity index is 270. The van der Waals surface area contributed by atoms with Gasteiger partial charge >= 0.3 is 6.03 Å². The summed E-state index contributed by atoms with van der Waals surface area (Å²) < 4.78 is 0. The van der Waals surface area contributed by atoms with Gasteiger partial charge in [0.25, 0.3) is 0 Å². The zero-order valence-electron chi connectivity index (χ0n) is 10.6. The fourth-order valence-electron chi connectivity index (χ4n) is 3.02. The van der Waals surface area contributed by atoms with Crippen molar-refractivity contribution in [3.63, 3.8) is 0 Å². The average molecular weight is 240 g/mol. The molecule has 4 unspecified atom stereocenters. The van der Waals surface area contributed by atoms with Gasteiger partial charge in [0.05, 0.1) is 12.1 Å². The van der Waals surface area contributed by atoms with Gasteiger partial charge in [-0.1, -0.05) is 26.2 Å². The minimum atomic E-state index is -0.365. The molecule has 0 bridgehead atoms. The lowest BCUT2D eigenvalue weighted by molar-refractivity contribution is 0.0939. The molecule has 3 N–H and O–H groups in total. The smallest absolute Gasteiger partial charge is 0.315 e. The summed E-state index contributed by atoms with van der Waals surface area (Å²) in [6.45, 7) is 2.19. The van der Waals surface area contributed by atoms with Crippen LogP contribution in [0.4, 0.5) is 4.79 Å². The van der Waals surface area contributed by atoms with Gasteiger partial charge < -0.3 is 15.7 Å². The van der Waals surface area contributed by atoms with E-state index in [1.807, 2.05) is 0 Å². The van der Waals surface area contributed by atoms with E-state index in [0.717, 1.165) is 32.1 Å². The van der Waals surface area contributed by atoms with Crippen molar-refractivity contribution >= 4 is 6.03 Å². The van der Waals surface area contributed by atoms with Crippen LogP contribution in [0.1, 0.15) is 51.9 Å². The number of hydrogen-bond acceptors (Lipinski definition) is 2. The highest BCUT2D eigenvalue weighted by Gasteiger charge is 2.28. The monoisotopic (exact) mass is 240 g/mol. The average Bonchev–Trinajstić information content (AvgIpc) is 2.68. The van der Waals surface area contributed by atoms with Gasteiger partial charge in [-0.3, -0.25) is 0 Å². The highest BCUT2D eigenvalue weighted by molar-refractivity contribution is 5.74. The van der Waals surface area contributed by atoms with Crippen LogP contribution in [0, 0.1) is 5.92 Å². The molecule has 98 valence electrons. The van der Waals surface area contributed by atoms with Gasteiger partial charge in [0, 0.05) is 6.04 Å². The van der Waals surface area contributed by atoms with Crippen molar-refractivity contribution in [1.82, 2.24) is 10.6 Å². The van der Waals surface area contributed by atoms with E-state index in [2.05, 4.69) is 17.6 Å². The molecule has 0 aromatic carbocycles. The molecule has 4 nitrogen and oxygen atoms in total. The lowest BCUT2D eigenvalue weighted by Crippen LogP contribution is -2.51. The largest absolute Gasteiger partial charge is 0.391 e. The summed E-state index contributed by atoms with van der Waals surface area (Å²) in [5, 5.41) is 15.7. The van der Waals surface area contributed by atoms with Crippen LogP contribution in [0.25, 0.3) is 0 Å². The Morgan fingerprint density at radius 1 is 1.00 bits per heavy atom. The third kappa shape index (κ3) is 3.35. The summed E-state index contributed by atoms with van der Waals surface area (Å²) in [5.74, 6) is 0.581. The van der Waals surface area contributed by atoms with Crippen LogP contribution in [0.3, 0.4) is 0 Å². The van der Waals surface area contributed by atoms with Gasteiger partial charge in [0.1, 0.15) is 0 Å². The molecule has 2 fully saturated rings. The van der Waals surface area contributed by atoms with Crippen LogP contribution in [0.2, 0.25) is 0 Å². The van der Waals surface area contributed by atoms with E-state index < -0.39 is 0 Å². The van der Waals surface area contributed by atoms with Crippen molar-refractivity contribution in [1.29, 1.82) is 0 Å². The Kier molecular flexibility index (Phi) is 4.26. The maximum atomic E-state index is 11.8. The molecule has 2 aliphatic rings. The molecule has 2 aliphatic carbocycles. The number of rotatable bonds is 2. The van der Waals surface area contributed by atoms with Gasteiger partial charge in [-0.05, 0) is 31.6 Å². The second-order valence-corrected chi connectivity index (χ2v) is 5.59. The van der Waals surface area contributed by atoms with Gasteiger partial charge in [-0.2, -0.15) is 0 Å². The van der Waals surface area contributed by atoms with Crippen LogP contribution in [-0.2, 0) is 0 Å². The Hall–Kier alpha value is -0.770. The lowest BCUT2D eigenvalue weighted by atomic mass is 9.93. The highest BCUT2D eigenvalue weighted by atomic mass is 16.3. The van der Waals surface area contributed by atoms with Gasteiger partial charge in [-0.15, -0.1) is 0 Å². The minimum absolute atomic E-state index is 0.0551. The second kappa shape index (κ2) is 5.71. The van der Waals surface area contributed by atoms with Gasteiger partial charge in [0.2, 0.25) is 0 Å². The highest BCUT2D eigenvalue weighted by Crippen LogP contribution is 2.24. The number of amides is 2. The van der Waals surface area contributed by atoms with Crippen LogP contribution in [0.5, 0.6) is 0 Å². The summed E-state index contributed by atoms with van der Waals surface area (Å²) in [4.78, 5) is 11.8. The number of urea groups is 1. The van der Waals surface area contributed by atoms with Crippen molar-refractivity contribution in [3.8, 4) is 0 Å². The molecule has 2 amide bonds.